The van der Waals surface area contributed by atoms with E-state index in [0.29, 0.717) is 22.1 Å². The van der Waals surface area contributed by atoms with Crippen LogP contribution in [-0.2, 0) is 9.59 Å². The number of methoxy groups -OCH3 is 1. The number of hydrogen-bond donors (Lipinski definition) is 4. The highest BCUT2D eigenvalue weighted by molar-refractivity contribution is 8.00. The maximum absolute atomic E-state index is 13.6. The molecule has 0 radical (unpaired) electrons. The number of aromatic nitrogens is 2. The first-order valence-electron chi connectivity index (χ1n) is 15.0. The van der Waals surface area contributed by atoms with Crippen LogP contribution in [0.15, 0.2) is 125 Å². The highest BCUT2D eigenvalue weighted by Gasteiger charge is 2.19. The lowest BCUT2D eigenvalue weighted by Gasteiger charge is -2.13. The second-order valence-electron chi connectivity index (χ2n) is 10.6. The maximum Gasteiger partial charge on any atom is 0.272 e. The van der Waals surface area contributed by atoms with Gasteiger partial charge in [0.1, 0.15) is 11.4 Å². The van der Waals surface area contributed by atoms with Gasteiger partial charge in [0.2, 0.25) is 5.91 Å². The number of H-pyrrole nitrogens is 1. The molecule has 9 nitrogen and oxygen atoms in total. The molecule has 6 rings (SSSR count). The summed E-state index contributed by atoms with van der Waals surface area (Å²) in [6, 6.07) is 31.2. The number of nitrogens with zero attached hydrogens (tertiary/aromatic N) is 1. The smallest absolute Gasteiger partial charge is 0.272 e. The van der Waals surface area contributed by atoms with Gasteiger partial charge in [-0.2, -0.15) is 0 Å². The number of nitrogens with one attached hydrogen (secondary N) is 4. The first-order valence-corrected chi connectivity index (χ1v) is 16.8. The van der Waals surface area contributed by atoms with Crippen LogP contribution in [0.3, 0.4) is 0 Å². The topological polar surface area (TPSA) is 125 Å². The van der Waals surface area contributed by atoms with Crippen molar-refractivity contribution in [2.45, 2.75) is 17.1 Å². The van der Waals surface area contributed by atoms with E-state index < -0.39 is 17.1 Å². The molecule has 3 amide bonds. The molecule has 0 saturated carbocycles. The number of carbonyl (C=O) groups is 3. The molecule has 6 aromatic rings. The highest BCUT2D eigenvalue weighted by Crippen LogP contribution is 2.33. The molecule has 0 bridgehead atoms. The molecule has 48 heavy (non-hydrogen) atoms. The summed E-state index contributed by atoms with van der Waals surface area (Å²) in [5, 5.41) is 11.4. The summed E-state index contributed by atoms with van der Waals surface area (Å²) < 4.78 is 5.44. The molecule has 4 N–H and O–H groups in total. The van der Waals surface area contributed by atoms with Gasteiger partial charge in [-0.3, -0.25) is 14.4 Å². The summed E-state index contributed by atoms with van der Waals surface area (Å²) in [6.45, 7) is 1.81. The number of hydrogen-bond acceptors (Lipinski definition) is 7. The Labute approximate surface area is 285 Å². The van der Waals surface area contributed by atoms with Crippen LogP contribution in [0.4, 0.5) is 10.8 Å². The zero-order chi connectivity index (χ0) is 33.5. The van der Waals surface area contributed by atoms with E-state index in [2.05, 4.69) is 25.9 Å². The molecule has 0 spiro atoms. The third-order valence-electron chi connectivity index (χ3n) is 7.34. The normalized spacial score (nSPS) is 11.9. The summed E-state index contributed by atoms with van der Waals surface area (Å²) >= 11 is 2.69. The minimum absolute atomic E-state index is 0.0790. The average molecular weight is 674 g/mol. The number of amides is 3. The van der Waals surface area contributed by atoms with Crippen molar-refractivity contribution in [3.8, 4) is 17.0 Å². The van der Waals surface area contributed by atoms with E-state index in [-0.39, 0.29) is 11.6 Å². The van der Waals surface area contributed by atoms with Crippen LogP contribution in [0.5, 0.6) is 5.75 Å². The SMILES string of the molecule is COc1ccccc1-c1csc(NC(=O)C(C)Sc2cccc(NC(=O)/C(=C/c3c[nH]c4ccccc34)NC(=O)c3ccccc3)c2)n1. The second kappa shape index (κ2) is 14.8. The van der Waals surface area contributed by atoms with Crippen LogP contribution in [0.2, 0.25) is 0 Å². The van der Waals surface area contributed by atoms with Gasteiger partial charge in [0.15, 0.2) is 5.13 Å². The van der Waals surface area contributed by atoms with E-state index in [1.165, 1.54) is 23.1 Å². The predicted octanol–water partition coefficient (Wildman–Crippen LogP) is 7.83. The lowest BCUT2D eigenvalue weighted by atomic mass is 10.1. The Morgan fingerprint density at radius 1 is 0.917 bits per heavy atom. The van der Waals surface area contributed by atoms with Crippen LogP contribution >= 0.6 is 23.1 Å². The van der Waals surface area contributed by atoms with Crippen molar-refractivity contribution in [1.82, 2.24) is 15.3 Å². The van der Waals surface area contributed by atoms with Crippen molar-refractivity contribution >= 4 is 68.6 Å². The standard InChI is InChI=1S/C37H31N5O4S2/c1-23(34(43)42-37-41-32(22-47-37)29-16-7-9-18-33(29)46-2)48-27-14-10-13-26(20-27)39-36(45)31(40-35(44)24-11-4-3-5-12-24)19-25-21-38-30-17-8-6-15-28(25)30/h3-23,38H,1-2H3,(H,39,45)(H,40,44)(H,41,42,43)/b31-19-. The number of thioether (sulfide) groups is 1. The molecule has 1 atom stereocenters. The number of benzene rings is 4. The van der Waals surface area contributed by atoms with Crippen molar-refractivity contribution in [3.05, 3.63) is 132 Å². The highest BCUT2D eigenvalue weighted by atomic mass is 32.2. The number of anilines is 2. The number of carbonyl (C=O) groups excluding carboxylic acids is 3. The summed E-state index contributed by atoms with van der Waals surface area (Å²) in [5.74, 6) is -0.401. The van der Waals surface area contributed by atoms with Gasteiger partial charge in [-0.05, 0) is 61.5 Å². The average Bonchev–Trinajstić information content (AvgIpc) is 3.75. The van der Waals surface area contributed by atoms with Crippen LogP contribution in [0, 0.1) is 0 Å². The van der Waals surface area contributed by atoms with Crippen molar-refractivity contribution in [2.75, 3.05) is 17.7 Å². The fraction of sp³-hybridized carbons (Fsp3) is 0.0811. The van der Waals surface area contributed by atoms with Crippen LogP contribution in [-0.4, -0.2) is 40.0 Å². The molecule has 0 saturated heterocycles. The Kier molecular flexibility index (Phi) is 9.99. The van der Waals surface area contributed by atoms with E-state index in [1.54, 1.807) is 68.8 Å². The minimum atomic E-state index is -0.493. The van der Waals surface area contributed by atoms with E-state index in [9.17, 15) is 14.4 Å². The lowest BCUT2D eigenvalue weighted by molar-refractivity contribution is -0.115. The van der Waals surface area contributed by atoms with Crippen LogP contribution in [0.25, 0.3) is 28.2 Å². The summed E-state index contributed by atoms with van der Waals surface area (Å²) in [7, 11) is 1.61. The van der Waals surface area contributed by atoms with Gasteiger partial charge in [-0.15, -0.1) is 23.1 Å². The maximum atomic E-state index is 13.6. The zero-order valence-corrected chi connectivity index (χ0v) is 27.7. The van der Waals surface area contributed by atoms with E-state index in [1.807, 2.05) is 66.0 Å². The molecular formula is C37H31N5O4S2. The largest absolute Gasteiger partial charge is 0.496 e. The number of ether oxygens (including phenoxy) is 1. The number of thiazole rings is 1. The first-order chi connectivity index (χ1) is 23.4. The minimum Gasteiger partial charge on any atom is -0.496 e. The Bertz CT molecular complexity index is 2120. The van der Waals surface area contributed by atoms with Gasteiger partial charge in [-0.1, -0.05) is 54.6 Å². The van der Waals surface area contributed by atoms with Gasteiger partial charge in [0.05, 0.1) is 18.1 Å². The molecular weight excluding hydrogens is 643 g/mol. The van der Waals surface area contributed by atoms with Gasteiger partial charge in [0.25, 0.3) is 11.8 Å². The fourth-order valence-corrected chi connectivity index (χ4v) is 6.57. The number of para-hydroxylation sites is 2. The molecule has 11 heteroatoms. The zero-order valence-electron chi connectivity index (χ0n) is 26.0. The van der Waals surface area contributed by atoms with Crippen molar-refractivity contribution in [1.29, 1.82) is 0 Å². The Hall–Kier alpha value is -5.65. The monoisotopic (exact) mass is 673 g/mol. The molecule has 0 aliphatic heterocycles. The third-order valence-corrected chi connectivity index (χ3v) is 9.19. The van der Waals surface area contributed by atoms with Crippen molar-refractivity contribution in [3.63, 3.8) is 0 Å². The first kappa shape index (κ1) is 32.3. The molecule has 0 fully saturated rings. The Morgan fingerprint density at radius 2 is 1.69 bits per heavy atom. The predicted molar refractivity (Wildman–Crippen MR) is 193 cm³/mol. The quantitative estimate of drug-likeness (QED) is 0.0821. The number of aromatic amines is 1. The fourth-order valence-electron chi connectivity index (χ4n) is 4.93. The summed E-state index contributed by atoms with van der Waals surface area (Å²) in [6.07, 6.45) is 3.44. The van der Waals surface area contributed by atoms with Crippen molar-refractivity contribution in [2.24, 2.45) is 0 Å². The number of rotatable bonds is 11. The van der Waals surface area contributed by atoms with Crippen molar-refractivity contribution < 1.29 is 19.1 Å². The summed E-state index contributed by atoms with van der Waals surface area (Å²) in [4.78, 5) is 48.4. The molecule has 1 unspecified atom stereocenters. The third kappa shape index (κ3) is 7.65. The lowest BCUT2D eigenvalue weighted by Crippen LogP contribution is -2.30. The molecule has 2 heterocycles. The van der Waals surface area contributed by atoms with E-state index >= 15 is 0 Å². The van der Waals surface area contributed by atoms with E-state index in [0.717, 1.165) is 32.6 Å². The molecule has 0 aliphatic carbocycles. The molecule has 2 aromatic heterocycles. The Morgan fingerprint density at radius 3 is 2.52 bits per heavy atom. The molecule has 4 aromatic carbocycles. The van der Waals surface area contributed by atoms with Gasteiger partial charge in [-0.25, -0.2) is 4.98 Å². The van der Waals surface area contributed by atoms with Gasteiger partial charge < -0.3 is 25.7 Å². The molecule has 240 valence electrons. The molecule has 0 aliphatic rings. The van der Waals surface area contributed by atoms with Gasteiger partial charge >= 0.3 is 0 Å². The van der Waals surface area contributed by atoms with Crippen LogP contribution in [0.1, 0.15) is 22.8 Å². The van der Waals surface area contributed by atoms with Gasteiger partial charge in [0, 0.05) is 49.8 Å². The Balaban J connectivity index is 1.15. The number of fused-ring (bicyclic) bond motifs is 1. The second-order valence-corrected chi connectivity index (χ2v) is 12.9. The summed E-state index contributed by atoms with van der Waals surface area (Å²) in [5.41, 5.74) is 4.24. The van der Waals surface area contributed by atoms with Crippen LogP contribution < -0.4 is 20.7 Å². The van der Waals surface area contributed by atoms with E-state index in [4.69, 9.17) is 4.74 Å².